The molecule has 0 atom stereocenters. The molecule has 2 N–H and O–H groups in total. The van der Waals surface area contributed by atoms with Gasteiger partial charge in [-0.05, 0) is 38.5 Å². The van der Waals surface area contributed by atoms with E-state index in [1.807, 2.05) is 4.57 Å². The van der Waals surface area contributed by atoms with Crippen molar-refractivity contribution in [3.63, 3.8) is 0 Å². The van der Waals surface area contributed by atoms with Crippen LogP contribution >= 0.6 is 11.8 Å². The van der Waals surface area contributed by atoms with Gasteiger partial charge in [0.1, 0.15) is 5.82 Å². The van der Waals surface area contributed by atoms with Crippen molar-refractivity contribution in [2.75, 3.05) is 5.75 Å². The Labute approximate surface area is 158 Å². The van der Waals surface area contributed by atoms with Gasteiger partial charge in [-0.3, -0.25) is 9.59 Å². The molecular weight excluding hydrogens is 350 g/mol. The van der Waals surface area contributed by atoms with Gasteiger partial charge < -0.3 is 15.2 Å². The van der Waals surface area contributed by atoms with E-state index in [1.54, 1.807) is 0 Å². The lowest BCUT2D eigenvalue weighted by atomic mass is 10.2. The molecule has 0 aromatic carbocycles. The lowest BCUT2D eigenvalue weighted by Gasteiger charge is -2.29. The average Bonchev–Trinajstić information content (AvgIpc) is 3.53. The molecule has 3 aliphatic carbocycles. The Kier molecular flexibility index (Phi) is 5.20. The summed E-state index contributed by atoms with van der Waals surface area (Å²) >= 11 is 1.45. The molecule has 3 aliphatic rings. The fraction of sp³-hybridized carbons (Fsp3) is 0.778. The number of aromatic nitrogens is 3. The van der Waals surface area contributed by atoms with Crippen LogP contribution in [0.1, 0.15) is 69.5 Å². The van der Waals surface area contributed by atoms with Crippen LogP contribution in [-0.2, 0) is 16.1 Å². The van der Waals surface area contributed by atoms with Crippen molar-refractivity contribution < 1.29 is 9.59 Å². The van der Waals surface area contributed by atoms with Crippen LogP contribution in [0.15, 0.2) is 5.16 Å². The number of rotatable bonds is 9. The standard InChI is InChI=1S/C18H27N5O2S/c19-15(24)9-10-22-17(12-5-6-12)20-21-18(22)26-11-16(25)23(14-7-8-14)13-3-1-2-4-13/h12-14H,1-11H2,(H2,19,24). The van der Waals surface area contributed by atoms with Gasteiger partial charge in [0.05, 0.1) is 5.75 Å². The molecule has 3 fully saturated rings. The second-order valence-corrected chi connectivity index (χ2v) is 8.68. The zero-order chi connectivity index (χ0) is 18.1. The maximum atomic E-state index is 12.9. The molecule has 2 amide bonds. The molecular formula is C18H27N5O2S. The predicted octanol–water partition coefficient (Wildman–Crippen LogP) is 2.06. The summed E-state index contributed by atoms with van der Waals surface area (Å²) in [5.41, 5.74) is 5.31. The first-order valence-corrected chi connectivity index (χ1v) is 10.8. The summed E-state index contributed by atoms with van der Waals surface area (Å²) in [6.07, 6.45) is 9.57. The van der Waals surface area contributed by atoms with Crippen LogP contribution in [0.25, 0.3) is 0 Å². The number of carbonyl (C=O) groups is 2. The van der Waals surface area contributed by atoms with Crippen molar-refractivity contribution in [1.82, 2.24) is 19.7 Å². The summed E-state index contributed by atoms with van der Waals surface area (Å²) in [4.78, 5) is 26.2. The third-order valence-electron chi connectivity index (χ3n) is 5.54. The number of nitrogens with two attached hydrogens (primary N) is 1. The van der Waals surface area contributed by atoms with Crippen LogP contribution in [0.4, 0.5) is 0 Å². The molecule has 1 aromatic heterocycles. The molecule has 1 heterocycles. The first kappa shape index (κ1) is 17.8. The highest BCUT2D eigenvalue weighted by Crippen LogP contribution is 2.40. The van der Waals surface area contributed by atoms with Crippen molar-refractivity contribution in [1.29, 1.82) is 0 Å². The van der Waals surface area contributed by atoms with Crippen LogP contribution in [0, 0.1) is 0 Å². The highest BCUT2D eigenvalue weighted by Gasteiger charge is 2.38. The summed E-state index contributed by atoms with van der Waals surface area (Å²) < 4.78 is 2.00. The van der Waals surface area contributed by atoms with E-state index in [1.165, 1.54) is 24.6 Å². The highest BCUT2D eigenvalue weighted by atomic mass is 32.2. The summed E-state index contributed by atoms with van der Waals surface area (Å²) in [7, 11) is 0. The lowest BCUT2D eigenvalue weighted by Crippen LogP contribution is -2.41. The van der Waals surface area contributed by atoms with E-state index in [-0.39, 0.29) is 18.2 Å². The van der Waals surface area contributed by atoms with E-state index in [0.29, 0.717) is 30.3 Å². The molecule has 0 bridgehead atoms. The van der Waals surface area contributed by atoms with Gasteiger partial charge in [0.2, 0.25) is 11.8 Å². The van der Waals surface area contributed by atoms with Crippen molar-refractivity contribution >= 4 is 23.6 Å². The summed E-state index contributed by atoms with van der Waals surface area (Å²) in [5, 5.41) is 9.36. The summed E-state index contributed by atoms with van der Waals surface area (Å²) in [6.45, 7) is 0.500. The molecule has 4 rings (SSSR count). The van der Waals surface area contributed by atoms with Crippen molar-refractivity contribution in [2.45, 2.75) is 87.5 Å². The van der Waals surface area contributed by atoms with Crippen LogP contribution < -0.4 is 5.73 Å². The average molecular weight is 378 g/mol. The number of thioether (sulfide) groups is 1. The minimum absolute atomic E-state index is 0.224. The molecule has 26 heavy (non-hydrogen) atoms. The fourth-order valence-electron chi connectivity index (χ4n) is 3.92. The molecule has 8 heteroatoms. The van der Waals surface area contributed by atoms with Crippen molar-refractivity contribution in [2.24, 2.45) is 5.73 Å². The predicted molar refractivity (Wildman–Crippen MR) is 98.7 cm³/mol. The maximum Gasteiger partial charge on any atom is 0.233 e. The van der Waals surface area contributed by atoms with E-state index in [2.05, 4.69) is 15.1 Å². The highest BCUT2D eigenvalue weighted by molar-refractivity contribution is 7.99. The largest absolute Gasteiger partial charge is 0.370 e. The minimum Gasteiger partial charge on any atom is -0.370 e. The van der Waals surface area contributed by atoms with Crippen LogP contribution in [0.5, 0.6) is 0 Å². The van der Waals surface area contributed by atoms with Crippen LogP contribution in [0.3, 0.4) is 0 Å². The van der Waals surface area contributed by atoms with E-state index in [9.17, 15) is 9.59 Å². The number of carbonyl (C=O) groups excluding carboxylic acids is 2. The van der Waals surface area contributed by atoms with E-state index >= 15 is 0 Å². The van der Waals surface area contributed by atoms with Crippen LogP contribution in [-0.4, -0.2) is 49.3 Å². The Morgan fingerprint density at radius 1 is 1.08 bits per heavy atom. The summed E-state index contributed by atoms with van der Waals surface area (Å²) in [6, 6.07) is 0.895. The maximum absolute atomic E-state index is 12.9. The second kappa shape index (κ2) is 7.58. The number of amides is 2. The molecule has 7 nitrogen and oxygen atoms in total. The van der Waals surface area contributed by atoms with Gasteiger partial charge in [0.15, 0.2) is 5.16 Å². The Bertz CT molecular complexity index is 677. The summed E-state index contributed by atoms with van der Waals surface area (Å²) in [5.74, 6) is 1.68. The topological polar surface area (TPSA) is 94.1 Å². The van der Waals surface area contributed by atoms with E-state index in [0.717, 1.165) is 49.5 Å². The second-order valence-electron chi connectivity index (χ2n) is 7.74. The molecule has 1 aromatic rings. The number of primary amides is 1. The third-order valence-corrected chi connectivity index (χ3v) is 6.49. The number of hydrogen-bond donors (Lipinski definition) is 1. The quantitative estimate of drug-likeness (QED) is 0.665. The fourth-order valence-corrected chi connectivity index (χ4v) is 4.76. The molecule has 142 valence electrons. The molecule has 0 saturated heterocycles. The molecule has 0 aliphatic heterocycles. The van der Waals surface area contributed by atoms with Gasteiger partial charge in [0, 0.05) is 31.0 Å². The smallest absolute Gasteiger partial charge is 0.233 e. The molecule has 0 unspecified atom stereocenters. The van der Waals surface area contributed by atoms with Gasteiger partial charge in [-0.1, -0.05) is 24.6 Å². The van der Waals surface area contributed by atoms with Crippen LogP contribution in [0.2, 0.25) is 0 Å². The number of hydrogen-bond acceptors (Lipinski definition) is 5. The number of nitrogens with zero attached hydrogens (tertiary/aromatic N) is 4. The molecule has 0 spiro atoms. The van der Waals surface area contributed by atoms with Gasteiger partial charge >= 0.3 is 0 Å². The SMILES string of the molecule is NC(=O)CCn1c(SCC(=O)N(C2CCCC2)C2CC2)nnc1C1CC1. The first-order chi connectivity index (χ1) is 12.6. The van der Waals surface area contributed by atoms with Gasteiger partial charge in [-0.15, -0.1) is 10.2 Å². The first-order valence-electron chi connectivity index (χ1n) is 9.79. The Hall–Kier alpha value is -1.57. The van der Waals surface area contributed by atoms with E-state index < -0.39 is 0 Å². The Morgan fingerprint density at radius 3 is 2.38 bits per heavy atom. The van der Waals surface area contributed by atoms with Crippen molar-refractivity contribution in [3.8, 4) is 0 Å². The lowest BCUT2D eigenvalue weighted by molar-refractivity contribution is -0.131. The van der Waals surface area contributed by atoms with Crippen molar-refractivity contribution in [3.05, 3.63) is 5.82 Å². The van der Waals surface area contributed by atoms with Gasteiger partial charge in [-0.25, -0.2) is 0 Å². The van der Waals surface area contributed by atoms with E-state index in [4.69, 9.17) is 5.73 Å². The third kappa shape index (κ3) is 4.05. The monoisotopic (exact) mass is 377 g/mol. The molecule has 0 radical (unpaired) electrons. The zero-order valence-corrected chi connectivity index (χ0v) is 15.9. The minimum atomic E-state index is -0.325. The van der Waals surface area contributed by atoms with Gasteiger partial charge in [0.25, 0.3) is 0 Å². The molecule has 3 saturated carbocycles. The normalized spacial score (nSPS) is 20.5. The van der Waals surface area contributed by atoms with Gasteiger partial charge in [-0.2, -0.15) is 0 Å². The Morgan fingerprint density at radius 2 is 1.77 bits per heavy atom. The Balaban J connectivity index is 1.41. The zero-order valence-electron chi connectivity index (χ0n) is 15.1.